The molecule has 5 heteroatoms. The summed E-state index contributed by atoms with van der Waals surface area (Å²) in [5.41, 5.74) is 1.88. The third-order valence-corrected chi connectivity index (χ3v) is 9.22. The molecule has 6 rings (SSSR count). The monoisotopic (exact) mass is 422 g/mol. The van der Waals surface area contributed by atoms with Crippen LogP contribution in [0.3, 0.4) is 0 Å². The average Bonchev–Trinajstić information content (AvgIpc) is 3.49. The van der Waals surface area contributed by atoms with E-state index in [-0.39, 0.29) is 53.7 Å². The molecule has 164 valence electrons. The van der Waals surface area contributed by atoms with Crippen LogP contribution in [-0.2, 0) is 25.5 Å². The minimum atomic E-state index is -1.10. The lowest BCUT2D eigenvalue weighted by Crippen LogP contribution is -2.65. The van der Waals surface area contributed by atoms with Crippen LogP contribution in [0.2, 0.25) is 0 Å². The van der Waals surface area contributed by atoms with Gasteiger partial charge in [-0.2, -0.15) is 0 Å². The second-order valence-electron chi connectivity index (χ2n) is 10.6. The first-order valence-electron chi connectivity index (χ1n) is 11.7. The van der Waals surface area contributed by atoms with Crippen molar-refractivity contribution in [3.63, 3.8) is 0 Å². The third kappa shape index (κ3) is 2.45. The number of ether oxygens (including phenoxy) is 2. The van der Waals surface area contributed by atoms with Crippen molar-refractivity contribution in [2.75, 3.05) is 0 Å². The zero-order valence-corrected chi connectivity index (χ0v) is 18.3. The molecule has 0 bridgehead atoms. The van der Waals surface area contributed by atoms with Crippen LogP contribution < -0.4 is 0 Å². The number of rotatable bonds is 2. The molecule has 0 aromatic heterocycles. The van der Waals surface area contributed by atoms with Crippen LogP contribution in [0.1, 0.15) is 68.6 Å². The smallest absolute Gasteiger partial charge is 0.309 e. The number of epoxide rings is 1. The second-order valence-corrected chi connectivity index (χ2v) is 10.6. The number of esters is 1. The summed E-state index contributed by atoms with van der Waals surface area (Å²) >= 11 is 0. The molecule has 1 aromatic carbocycles. The third-order valence-electron chi connectivity index (χ3n) is 9.22. The molecule has 9 atom stereocenters. The van der Waals surface area contributed by atoms with Crippen molar-refractivity contribution in [1.29, 1.82) is 0 Å². The predicted molar refractivity (Wildman–Crippen MR) is 114 cm³/mol. The average molecular weight is 423 g/mol. The van der Waals surface area contributed by atoms with E-state index < -0.39 is 11.0 Å². The summed E-state index contributed by atoms with van der Waals surface area (Å²) in [7, 11) is 0. The van der Waals surface area contributed by atoms with Gasteiger partial charge < -0.3 is 14.6 Å². The lowest BCUT2D eigenvalue weighted by atomic mass is 9.48. The molecule has 0 spiro atoms. The Labute approximate surface area is 182 Å². The summed E-state index contributed by atoms with van der Waals surface area (Å²) in [6.07, 6.45) is 6.14. The number of cyclic esters (lactones) is 1. The predicted octanol–water partition coefficient (Wildman–Crippen LogP) is 3.44. The van der Waals surface area contributed by atoms with Crippen LogP contribution in [-0.4, -0.2) is 40.8 Å². The maximum absolute atomic E-state index is 13.1. The van der Waals surface area contributed by atoms with Crippen LogP contribution in [0.4, 0.5) is 0 Å². The van der Waals surface area contributed by atoms with Gasteiger partial charge in [-0.15, -0.1) is 0 Å². The second kappa shape index (κ2) is 6.29. The van der Waals surface area contributed by atoms with Gasteiger partial charge >= 0.3 is 5.97 Å². The van der Waals surface area contributed by atoms with Gasteiger partial charge in [-0.05, 0) is 61.3 Å². The molecule has 5 nitrogen and oxygen atoms in total. The van der Waals surface area contributed by atoms with E-state index in [1.807, 2.05) is 19.9 Å². The molecular formula is C26H30O5. The van der Waals surface area contributed by atoms with Gasteiger partial charge in [0, 0.05) is 11.8 Å². The number of fused-ring (bicyclic) bond motifs is 8. The molecule has 5 aliphatic rings. The Morgan fingerprint density at radius 3 is 2.81 bits per heavy atom. The maximum atomic E-state index is 13.1. The molecule has 2 heterocycles. The lowest BCUT2D eigenvalue weighted by Gasteiger charge is -2.55. The van der Waals surface area contributed by atoms with Gasteiger partial charge in [-0.1, -0.05) is 38.1 Å². The number of aryl methyl sites for hydroxylation is 1. The number of aliphatic hydroxyl groups is 1. The van der Waals surface area contributed by atoms with Gasteiger partial charge in [0.2, 0.25) is 0 Å². The number of hydrogen-bond acceptors (Lipinski definition) is 5. The number of ketones is 1. The number of carbonyl (C=O) groups excluding carboxylic acids is 2. The molecule has 1 aromatic rings. The minimum Gasteiger partial charge on any atom is -0.461 e. The highest BCUT2D eigenvalue weighted by atomic mass is 16.6. The van der Waals surface area contributed by atoms with Crippen LogP contribution in [0.15, 0.2) is 30.4 Å². The Balaban J connectivity index is 1.34. The largest absolute Gasteiger partial charge is 0.461 e. The molecule has 2 aliphatic heterocycles. The van der Waals surface area contributed by atoms with Crippen molar-refractivity contribution in [3.8, 4) is 0 Å². The fourth-order valence-corrected chi connectivity index (χ4v) is 7.13. The Hall–Kier alpha value is -1.98. The van der Waals surface area contributed by atoms with Gasteiger partial charge in [0.05, 0.1) is 17.4 Å². The van der Waals surface area contributed by atoms with E-state index in [9.17, 15) is 14.7 Å². The minimum absolute atomic E-state index is 0.0127. The number of allylic oxidation sites excluding steroid dienone is 1. The summed E-state index contributed by atoms with van der Waals surface area (Å²) in [6.45, 7) is 6.03. The molecular weight excluding hydrogens is 392 g/mol. The van der Waals surface area contributed by atoms with Crippen LogP contribution in [0.5, 0.6) is 0 Å². The van der Waals surface area contributed by atoms with E-state index in [1.165, 1.54) is 16.7 Å². The van der Waals surface area contributed by atoms with Gasteiger partial charge in [0.1, 0.15) is 17.8 Å². The molecule has 3 fully saturated rings. The molecule has 0 amide bonds. The van der Waals surface area contributed by atoms with Crippen molar-refractivity contribution in [2.45, 2.75) is 82.2 Å². The normalized spacial score (nSPS) is 45.8. The zero-order valence-electron chi connectivity index (χ0n) is 18.3. The highest BCUT2D eigenvalue weighted by Gasteiger charge is 2.75. The Bertz CT molecular complexity index is 1010. The number of carbonyl (C=O) groups is 2. The van der Waals surface area contributed by atoms with Crippen molar-refractivity contribution >= 4 is 11.8 Å². The van der Waals surface area contributed by atoms with E-state index in [0.717, 1.165) is 19.3 Å². The van der Waals surface area contributed by atoms with Crippen molar-refractivity contribution in [1.82, 2.24) is 0 Å². The lowest BCUT2D eigenvalue weighted by molar-refractivity contribution is -0.164. The molecule has 2 saturated heterocycles. The Morgan fingerprint density at radius 2 is 2.06 bits per heavy atom. The van der Waals surface area contributed by atoms with Crippen LogP contribution >= 0.6 is 0 Å². The van der Waals surface area contributed by atoms with Gasteiger partial charge in [0.15, 0.2) is 5.78 Å². The first kappa shape index (κ1) is 19.7. The Morgan fingerprint density at radius 1 is 1.26 bits per heavy atom. The quantitative estimate of drug-likeness (QED) is 0.584. The van der Waals surface area contributed by atoms with Crippen LogP contribution in [0, 0.1) is 17.3 Å². The fourth-order valence-electron chi connectivity index (χ4n) is 7.13. The number of benzene rings is 1. The summed E-state index contributed by atoms with van der Waals surface area (Å²) in [6, 6.07) is 6.63. The van der Waals surface area contributed by atoms with E-state index in [1.54, 1.807) is 6.08 Å². The SMILES string of the molecule is C[C@@H]1C[C@H]([C@@H](C)c2ccc3c(c2)CC[C@H]2[C@H]3[C@@H]3O[C@@H]3[C@@]3(O)CC=CC(=O)[C@]23C)OC1=O. The molecule has 0 unspecified atom stereocenters. The molecule has 31 heavy (non-hydrogen) atoms. The first-order chi connectivity index (χ1) is 14.8. The fraction of sp³-hybridized carbons (Fsp3) is 0.615. The molecule has 1 N–H and O–H groups in total. The molecule has 3 aliphatic carbocycles. The van der Waals surface area contributed by atoms with E-state index in [0.29, 0.717) is 6.42 Å². The van der Waals surface area contributed by atoms with Crippen molar-refractivity contribution in [2.24, 2.45) is 17.3 Å². The van der Waals surface area contributed by atoms with Crippen LogP contribution in [0.25, 0.3) is 0 Å². The standard InChI is InChI=1S/C26H30O5/c1-13-11-19(30-24(13)28)14(2)15-6-8-17-16(12-15)7-9-18-21(17)22-23(31-22)26(29)10-4-5-20(27)25(18,26)3/h4-6,8,12-14,18-19,21-23,29H,7,9-11H2,1-3H3/t13-,14+,18+,19-,21+,22+,23+,25+,26+/m1/s1. The van der Waals surface area contributed by atoms with E-state index in [2.05, 4.69) is 25.1 Å². The van der Waals surface area contributed by atoms with E-state index >= 15 is 0 Å². The van der Waals surface area contributed by atoms with Crippen molar-refractivity contribution < 1.29 is 24.2 Å². The Kier molecular flexibility index (Phi) is 4.00. The zero-order chi connectivity index (χ0) is 21.7. The summed E-state index contributed by atoms with van der Waals surface area (Å²) in [4.78, 5) is 24.9. The molecule has 1 saturated carbocycles. The van der Waals surface area contributed by atoms with Gasteiger partial charge in [-0.3, -0.25) is 9.59 Å². The van der Waals surface area contributed by atoms with Crippen molar-refractivity contribution in [3.05, 3.63) is 47.0 Å². The highest BCUT2D eigenvalue weighted by molar-refractivity contribution is 5.97. The summed E-state index contributed by atoms with van der Waals surface area (Å²) < 4.78 is 11.7. The van der Waals surface area contributed by atoms with Gasteiger partial charge in [0.25, 0.3) is 0 Å². The summed E-state index contributed by atoms with van der Waals surface area (Å²) in [5, 5.41) is 11.6. The highest BCUT2D eigenvalue weighted by Crippen LogP contribution is 2.66. The maximum Gasteiger partial charge on any atom is 0.309 e. The summed E-state index contributed by atoms with van der Waals surface area (Å²) in [5.74, 6) is 0.286. The first-order valence-corrected chi connectivity index (χ1v) is 11.7. The van der Waals surface area contributed by atoms with Gasteiger partial charge in [-0.25, -0.2) is 0 Å². The molecule has 0 radical (unpaired) electrons. The number of hydrogen-bond donors (Lipinski definition) is 1. The van der Waals surface area contributed by atoms with E-state index in [4.69, 9.17) is 9.47 Å². The topological polar surface area (TPSA) is 76.1 Å².